The molecule has 1 fully saturated rings. The predicted octanol–water partition coefficient (Wildman–Crippen LogP) is -1.96. The first-order chi connectivity index (χ1) is 16.3. The van der Waals surface area contributed by atoms with E-state index in [1.807, 2.05) is 0 Å². The normalized spacial score (nSPS) is 27.3. The quantitative estimate of drug-likeness (QED) is 0.131. The van der Waals surface area contributed by atoms with Gasteiger partial charge in [-0.1, -0.05) is 20.5 Å². The summed E-state index contributed by atoms with van der Waals surface area (Å²) in [5, 5.41) is 40.0. The highest BCUT2D eigenvalue weighted by Gasteiger charge is 2.54. The number of rotatable bonds is 6. The van der Waals surface area contributed by atoms with E-state index < -0.39 is 34.9 Å². The number of anilines is 1. The number of aromatic nitrogens is 1. The molecule has 0 bridgehead atoms. The Morgan fingerprint density at radius 2 is 2.26 bits per heavy atom. The molecule has 4 aliphatic rings. The number of nitrogen functional groups attached to an aromatic ring is 1. The van der Waals surface area contributed by atoms with Gasteiger partial charge in [0.1, 0.15) is 23.7 Å². The minimum absolute atomic E-state index is 0.0508. The van der Waals surface area contributed by atoms with Crippen LogP contribution in [-0.4, -0.2) is 85.3 Å². The molecule has 1 aromatic rings. The molecule has 5 rings (SSSR count). The molecule has 16 heteroatoms. The van der Waals surface area contributed by atoms with Crippen LogP contribution >= 0.6 is 23.1 Å². The summed E-state index contributed by atoms with van der Waals surface area (Å²) in [7, 11) is 0. The Hall–Kier alpha value is -3.89. The third-order valence-electron chi connectivity index (χ3n) is 5.44. The highest BCUT2D eigenvalue weighted by molar-refractivity contribution is 8.00. The van der Waals surface area contributed by atoms with Crippen molar-refractivity contribution in [1.82, 2.24) is 15.2 Å². The number of thioether (sulfide) groups is 1. The third-order valence-corrected chi connectivity index (χ3v) is 7.46. The fraction of sp³-hybridized carbons (Fsp3) is 0.222. The van der Waals surface area contributed by atoms with Gasteiger partial charge in [-0.05, 0) is 6.08 Å². The molecule has 2 unspecified atom stereocenters. The largest absolute Gasteiger partial charge is 0.543 e. The number of thiazole rings is 1. The molecule has 174 valence electrons. The van der Waals surface area contributed by atoms with Crippen molar-refractivity contribution in [2.45, 2.75) is 11.4 Å². The second-order valence-electron chi connectivity index (χ2n) is 7.42. The fourth-order valence-electron chi connectivity index (χ4n) is 3.91. The topological polar surface area (TPSA) is 198 Å². The van der Waals surface area contributed by atoms with Gasteiger partial charge in [0.15, 0.2) is 10.8 Å². The number of aliphatic carboxylic acids is 1. The van der Waals surface area contributed by atoms with E-state index in [2.05, 4.69) is 30.8 Å². The number of hydrogen-bond acceptors (Lipinski definition) is 13. The summed E-state index contributed by atoms with van der Waals surface area (Å²) < 4.78 is -0.150. The number of carboxylic acids is 1. The van der Waals surface area contributed by atoms with Gasteiger partial charge in [0.2, 0.25) is 6.34 Å². The first kappa shape index (κ1) is 21.9. The Morgan fingerprint density at radius 3 is 2.97 bits per heavy atom. The highest BCUT2D eigenvalue weighted by Crippen LogP contribution is 2.41. The molecule has 0 radical (unpaired) electrons. The number of carboxylic acid groups (broad SMARTS) is 1. The maximum Gasteiger partial charge on any atom is 0.279 e. The van der Waals surface area contributed by atoms with E-state index in [1.165, 1.54) is 23.5 Å². The first-order valence-electron chi connectivity index (χ1n) is 9.70. The maximum absolute atomic E-state index is 12.9. The molecule has 0 aliphatic carbocycles. The lowest BCUT2D eigenvalue weighted by Crippen LogP contribution is -2.71. The van der Waals surface area contributed by atoms with Crippen LogP contribution in [0.4, 0.5) is 5.13 Å². The van der Waals surface area contributed by atoms with E-state index in [9.17, 15) is 24.7 Å². The molecule has 0 aromatic carbocycles. The number of allylic oxidation sites excluding steroid dienone is 1. The Kier molecular flexibility index (Phi) is 5.26. The second-order valence-corrected chi connectivity index (χ2v) is 9.41. The van der Waals surface area contributed by atoms with Crippen molar-refractivity contribution in [1.29, 1.82) is 0 Å². The minimum Gasteiger partial charge on any atom is -0.543 e. The van der Waals surface area contributed by atoms with Gasteiger partial charge in [-0.3, -0.25) is 14.5 Å². The van der Waals surface area contributed by atoms with E-state index in [0.717, 1.165) is 16.2 Å². The van der Waals surface area contributed by atoms with Crippen LogP contribution in [0, 0.1) is 0 Å². The van der Waals surface area contributed by atoms with Gasteiger partial charge >= 0.3 is 0 Å². The average molecular weight is 502 g/mol. The molecule has 4 N–H and O–H groups in total. The zero-order valence-electron chi connectivity index (χ0n) is 17.1. The lowest BCUT2D eigenvalue weighted by Gasteiger charge is -2.50. The zero-order chi connectivity index (χ0) is 24.0. The van der Waals surface area contributed by atoms with Gasteiger partial charge in [-0.2, -0.15) is 0 Å². The van der Waals surface area contributed by atoms with Gasteiger partial charge in [0.25, 0.3) is 17.6 Å². The molecular formula is C18H15N9O5S2. The van der Waals surface area contributed by atoms with Crippen LogP contribution in [-0.2, 0) is 14.4 Å². The number of amides is 2. The standard InChI is InChI=1S/C18H15N9O5S2/c19-18-22-9(6-34-18)11(25-32)14(28)23-12-15(29)26-13(17(30)31)8(5-33-16(12)26)4-27-7-20-24-10(27)2-1-3-21-27/h1-3,6-7,12,16H,4-5H2,(H4-,19,22,23,28,30,31,32)/t12-,16?,27?/m1/s1. The van der Waals surface area contributed by atoms with Crippen LogP contribution in [0.2, 0.25) is 0 Å². The average Bonchev–Trinajstić information content (AvgIpc) is 3.43. The summed E-state index contributed by atoms with van der Waals surface area (Å²) in [5.41, 5.74) is 5.35. The number of β-lactam (4-membered cyclic amide) rings is 1. The van der Waals surface area contributed by atoms with Gasteiger partial charge in [0.05, 0.1) is 17.9 Å². The van der Waals surface area contributed by atoms with Crippen molar-refractivity contribution < 1.29 is 29.3 Å². The number of amidine groups is 1. The fourth-order valence-corrected chi connectivity index (χ4v) is 5.79. The van der Waals surface area contributed by atoms with Crippen LogP contribution < -0.4 is 16.2 Å². The monoisotopic (exact) mass is 501 g/mol. The first-order valence-corrected chi connectivity index (χ1v) is 11.6. The molecule has 4 aliphatic heterocycles. The summed E-state index contributed by atoms with van der Waals surface area (Å²) in [5.74, 6) is -2.24. The van der Waals surface area contributed by atoms with Crippen LogP contribution in [0.25, 0.3) is 0 Å². The van der Waals surface area contributed by atoms with E-state index in [4.69, 9.17) is 5.73 Å². The number of nitrogens with one attached hydrogen (secondary N) is 1. The molecular weight excluding hydrogens is 486 g/mol. The number of nitrogens with zero attached hydrogens (tertiary/aromatic N) is 7. The van der Waals surface area contributed by atoms with Crippen molar-refractivity contribution in [3.63, 3.8) is 0 Å². The molecule has 1 aromatic heterocycles. The maximum atomic E-state index is 12.9. The summed E-state index contributed by atoms with van der Waals surface area (Å²) in [6, 6.07) is -1.03. The lowest BCUT2D eigenvalue weighted by atomic mass is 10.0. The van der Waals surface area contributed by atoms with Gasteiger partial charge in [-0.15, -0.1) is 27.7 Å². The van der Waals surface area contributed by atoms with E-state index in [0.29, 0.717) is 11.4 Å². The lowest BCUT2D eigenvalue weighted by molar-refractivity contribution is -0.738. The third kappa shape index (κ3) is 3.39. The SMILES string of the molecule is Nc1nc(/C(=N/O)C(=O)N[C@@H]2C(=O)N3C(C(=O)[O-])=C(C[N+]45C=NN=C4C=CC=N5)CSC23)cs1. The number of nitrogens with two attached hydrogens (primary N) is 1. The summed E-state index contributed by atoms with van der Waals surface area (Å²) in [4.78, 5) is 42.6. The minimum atomic E-state index is -1.52. The van der Waals surface area contributed by atoms with Gasteiger partial charge in [-0.25, -0.2) is 4.98 Å². The Morgan fingerprint density at radius 1 is 1.44 bits per heavy atom. The summed E-state index contributed by atoms with van der Waals surface area (Å²) >= 11 is 2.33. The molecule has 14 nitrogen and oxygen atoms in total. The molecule has 34 heavy (non-hydrogen) atoms. The smallest absolute Gasteiger partial charge is 0.279 e. The van der Waals surface area contributed by atoms with E-state index in [-0.39, 0.29) is 33.4 Å². The van der Waals surface area contributed by atoms with Crippen molar-refractivity contribution in [3.8, 4) is 0 Å². The Labute approximate surface area is 199 Å². The van der Waals surface area contributed by atoms with Crippen LogP contribution in [0.15, 0.2) is 49.3 Å². The van der Waals surface area contributed by atoms with Gasteiger partial charge in [0, 0.05) is 22.8 Å². The van der Waals surface area contributed by atoms with Gasteiger partial charge < -0.3 is 26.2 Å². The highest BCUT2D eigenvalue weighted by atomic mass is 32.2. The Balaban J connectivity index is 1.37. The van der Waals surface area contributed by atoms with Crippen LogP contribution in [0.3, 0.4) is 0 Å². The molecule has 3 atom stereocenters. The summed E-state index contributed by atoms with van der Waals surface area (Å²) in [6.07, 6.45) is 6.45. The molecule has 0 saturated carbocycles. The van der Waals surface area contributed by atoms with Crippen LogP contribution in [0.5, 0.6) is 0 Å². The van der Waals surface area contributed by atoms with Crippen LogP contribution in [0.1, 0.15) is 5.69 Å². The number of oxime groups is 1. The zero-order valence-corrected chi connectivity index (χ0v) is 18.7. The predicted molar refractivity (Wildman–Crippen MR) is 121 cm³/mol. The molecule has 0 spiro atoms. The number of carbonyl (C=O) groups excluding carboxylic acids is 3. The number of hydrogen-bond donors (Lipinski definition) is 3. The van der Waals surface area contributed by atoms with Crippen molar-refractivity contribution >= 4 is 70.1 Å². The number of fused-ring (bicyclic) bond motifs is 2. The second kappa shape index (κ2) is 8.15. The number of carbonyl (C=O) groups is 3. The molecule has 2 amide bonds. The molecule has 1 saturated heterocycles. The van der Waals surface area contributed by atoms with E-state index in [1.54, 1.807) is 18.4 Å². The Bertz CT molecular complexity index is 1300. The van der Waals surface area contributed by atoms with Crippen molar-refractivity contribution in [3.05, 3.63) is 34.5 Å². The number of quaternary nitrogens is 1. The van der Waals surface area contributed by atoms with Crippen molar-refractivity contribution in [2.75, 3.05) is 18.0 Å². The van der Waals surface area contributed by atoms with Crippen molar-refractivity contribution in [2.24, 2.45) is 20.5 Å². The molecule has 5 heterocycles. The van der Waals surface area contributed by atoms with E-state index >= 15 is 0 Å². The summed E-state index contributed by atoms with van der Waals surface area (Å²) in [6.45, 7) is 0.0968.